The van der Waals surface area contributed by atoms with E-state index in [0.29, 0.717) is 40.0 Å². The third kappa shape index (κ3) is 13.5. The lowest BCUT2D eigenvalue weighted by Gasteiger charge is -2.32. The molecule has 0 atom stereocenters. The predicted octanol–water partition coefficient (Wildman–Crippen LogP) is 15.1. The zero-order valence-corrected chi connectivity index (χ0v) is 52.5. The zero-order chi connectivity index (χ0) is 62.1. The van der Waals surface area contributed by atoms with Gasteiger partial charge < -0.3 is 27.9 Å². The molecular formula is C70H70B3ClN8O6. The lowest BCUT2D eigenvalue weighted by Crippen LogP contribution is -2.41. The quantitative estimate of drug-likeness (QED) is 0.119. The van der Waals surface area contributed by atoms with Crippen molar-refractivity contribution in [1.29, 1.82) is 0 Å². The highest BCUT2D eigenvalue weighted by molar-refractivity contribution is 7.11. The second-order valence-electron chi connectivity index (χ2n) is 25.0. The van der Waals surface area contributed by atoms with Gasteiger partial charge in [-0.3, -0.25) is 9.97 Å². The lowest BCUT2D eigenvalue weighted by molar-refractivity contribution is 0.00578. The number of hydrogen-bond donors (Lipinski definition) is 0. The summed E-state index contributed by atoms with van der Waals surface area (Å²) in [5, 5.41) is 0.610. The Bertz CT molecular complexity index is 3850. The van der Waals surface area contributed by atoms with E-state index in [0.717, 1.165) is 61.1 Å². The van der Waals surface area contributed by atoms with Crippen molar-refractivity contribution in [2.24, 2.45) is 0 Å². The predicted molar refractivity (Wildman–Crippen MR) is 352 cm³/mol. The summed E-state index contributed by atoms with van der Waals surface area (Å²) < 4.78 is 36.7. The SMILES string of the molecule is CC1(C)OB(B2OC(C)(C)C(C)(C)O2)OC1(C)C.CC1(C)OB(c2cc(-c3cccnc3)cc(-c3nc(-c4ccccc4)nc(-c4ccccc4)n3)c2)OC1(C)C.Clc1cc(-c2cccnc2)cc(-c2nc(-c3ccccc3)nc(-c3ccccc3)n2)c1. The molecule has 3 saturated heterocycles. The first-order valence-electron chi connectivity index (χ1n) is 29.5. The van der Waals surface area contributed by atoms with Crippen molar-refractivity contribution in [3.63, 3.8) is 0 Å². The van der Waals surface area contributed by atoms with E-state index in [9.17, 15) is 0 Å². The van der Waals surface area contributed by atoms with Crippen LogP contribution in [0.3, 0.4) is 0 Å². The van der Waals surface area contributed by atoms with Gasteiger partial charge in [-0.25, -0.2) is 29.9 Å². The molecule has 14 nitrogen and oxygen atoms in total. The molecule has 442 valence electrons. The number of halogens is 1. The van der Waals surface area contributed by atoms with E-state index in [-0.39, 0.29) is 22.4 Å². The van der Waals surface area contributed by atoms with Crippen molar-refractivity contribution in [1.82, 2.24) is 39.9 Å². The standard InChI is InChI=1S/C32H29BN4O2.C26H17ClN4.C12H24B2O4/c1-31(2)32(3,4)39-33(38-31)27-19-25(24-16-11-17-34-21-24)18-26(20-27)30-36-28(22-12-7-5-8-13-22)35-29(37-30)23-14-9-6-10-15-23;27-23-15-21(20-12-7-13-28-17-20)14-22(16-23)26-30-24(18-8-3-1-4-9-18)29-25(31-26)19-10-5-2-6-11-19;1-9(2)10(3,4)16-13(15-9)14-17-11(5,6)12(7,8)18-14/h5-21H,1-4H3;1-17H;1-8H3. The van der Waals surface area contributed by atoms with Gasteiger partial charge in [0.2, 0.25) is 0 Å². The smallest absolute Gasteiger partial charge is 0.405 e. The molecule has 0 amide bonds. The van der Waals surface area contributed by atoms with Gasteiger partial charge in [-0.2, -0.15) is 0 Å². The minimum absolute atomic E-state index is 0.360. The van der Waals surface area contributed by atoms with E-state index in [4.69, 9.17) is 69.4 Å². The highest BCUT2D eigenvalue weighted by Crippen LogP contribution is 2.44. The molecule has 13 rings (SSSR count). The second-order valence-corrected chi connectivity index (χ2v) is 25.4. The van der Waals surface area contributed by atoms with Crippen LogP contribution in [0.15, 0.2) is 207 Å². The van der Waals surface area contributed by atoms with E-state index in [2.05, 4.69) is 55.9 Å². The van der Waals surface area contributed by atoms with E-state index in [1.54, 1.807) is 12.4 Å². The van der Waals surface area contributed by atoms with Gasteiger partial charge in [0.25, 0.3) is 0 Å². The van der Waals surface area contributed by atoms with Crippen LogP contribution in [0.1, 0.15) is 83.1 Å². The number of pyridine rings is 2. The Hall–Kier alpha value is -8.12. The first kappa shape index (κ1) is 61.5. The topological polar surface area (TPSA) is 158 Å². The number of rotatable bonds is 10. The molecule has 18 heteroatoms. The second kappa shape index (κ2) is 24.8. The molecule has 0 aliphatic carbocycles. The Balaban J connectivity index is 0.000000146. The summed E-state index contributed by atoms with van der Waals surface area (Å²) in [6.45, 7) is 24.4. The molecular weight excluding hydrogens is 1120 g/mol. The van der Waals surface area contributed by atoms with Gasteiger partial charge in [0, 0.05) is 68.8 Å². The molecule has 0 radical (unpaired) electrons. The van der Waals surface area contributed by atoms with Crippen LogP contribution in [0.2, 0.25) is 5.02 Å². The number of benzene rings is 6. The third-order valence-electron chi connectivity index (χ3n) is 17.0. The largest absolute Gasteiger partial charge is 0.494 e. The highest BCUT2D eigenvalue weighted by Gasteiger charge is 2.64. The fourth-order valence-corrected chi connectivity index (χ4v) is 10.1. The molecule has 0 N–H and O–H groups in total. The van der Waals surface area contributed by atoms with Crippen molar-refractivity contribution in [3.8, 4) is 90.6 Å². The average Bonchev–Trinajstić information content (AvgIpc) is 1.60. The molecule has 0 unspecified atom stereocenters. The van der Waals surface area contributed by atoms with E-state index >= 15 is 0 Å². The summed E-state index contributed by atoms with van der Waals surface area (Å²) in [5.74, 6) is 3.61. The third-order valence-corrected chi connectivity index (χ3v) is 17.3. The molecule has 6 aromatic carbocycles. The normalized spacial score (nSPS) is 17.4. The van der Waals surface area contributed by atoms with Crippen LogP contribution in [0, 0.1) is 0 Å². The highest BCUT2D eigenvalue weighted by atomic mass is 35.5. The number of hydrogen-bond acceptors (Lipinski definition) is 14. The Labute approximate surface area is 522 Å². The maximum atomic E-state index is 6.47. The van der Waals surface area contributed by atoms with Crippen LogP contribution in [0.4, 0.5) is 0 Å². The van der Waals surface area contributed by atoms with Gasteiger partial charge in [0.15, 0.2) is 34.9 Å². The molecule has 3 fully saturated rings. The van der Waals surface area contributed by atoms with Crippen LogP contribution in [-0.2, 0) is 27.9 Å². The van der Waals surface area contributed by atoms with Gasteiger partial charge in [0.05, 0.1) is 33.6 Å². The maximum Gasteiger partial charge on any atom is 0.494 e. The van der Waals surface area contributed by atoms with Crippen molar-refractivity contribution >= 4 is 38.2 Å². The molecule has 10 aromatic rings. The van der Waals surface area contributed by atoms with Crippen LogP contribution in [-0.4, -0.2) is 94.6 Å². The minimum Gasteiger partial charge on any atom is -0.405 e. The summed E-state index contributed by atoms with van der Waals surface area (Å²) in [4.78, 5) is 37.6. The Morgan fingerprint density at radius 1 is 0.284 bits per heavy atom. The van der Waals surface area contributed by atoms with Crippen molar-refractivity contribution in [2.45, 2.75) is 117 Å². The molecule has 3 aliphatic heterocycles. The average molecular weight is 1190 g/mol. The summed E-state index contributed by atoms with van der Waals surface area (Å²) in [6, 6.07) is 59.7. The van der Waals surface area contributed by atoms with Gasteiger partial charge in [-0.1, -0.05) is 157 Å². The molecule has 88 heavy (non-hydrogen) atoms. The first-order valence-corrected chi connectivity index (χ1v) is 29.9. The number of nitrogens with zero attached hydrogens (tertiary/aromatic N) is 8. The lowest BCUT2D eigenvalue weighted by atomic mass is 9.49. The van der Waals surface area contributed by atoms with Crippen molar-refractivity contribution < 1.29 is 27.9 Å². The fraction of sp³-hybridized carbons (Fsp3) is 0.257. The van der Waals surface area contributed by atoms with Gasteiger partial charge >= 0.3 is 21.1 Å². The van der Waals surface area contributed by atoms with Crippen LogP contribution >= 0.6 is 11.6 Å². The van der Waals surface area contributed by atoms with Gasteiger partial charge in [-0.15, -0.1) is 0 Å². The molecule has 0 saturated carbocycles. The van der Waals surface area contributed by atoms with E-state index in [1.807, 2.05) is 232 Å². The minimum atomic E-state index is -0.533. The summed E-state index contributed by atoms with van der Waals surface area (Å²) >= 11 is 6.47. The summed E-state index contributed by atoms with van der Waals surface area (Å²) in [5.41, 5.74) is 7.80. The van der Waals surface area contributed by atoms with Crippen LogP contribution in [0.5, 0.6) is 0 Å². The van der Waals surface area contributed by atoms with Crippen LogP contribution < -0.4 is 5.46 Å². The monoisotopic (exact) mass is 1190 g/mol. The van der Waals surface area contributed by atoms with Gasteiger partial charge in [-0.05, 0) is 142 Å². The van der Waals surface area contributed by atoms with Gasteiger partial charge in [0.1, 0.15) is 0 Å². The van der Waals surface area contributed by atoms with Crippen LogP contribution in [0.25, 0.3) is 90.6 Å². The molecule has 0 bridgehead atoms. The molecule has 0 spiro atoms. The van der Waals surface area contributed by atoms with Crippen molar-refractivity contribution in [2.75, 3.05) is 0 Å². The Kier molecular flexibility index (Phi) is 17.3. The van der Waals surface area contributed by atoms with E-state index < -0.39 is 32.3 Å². The molecule has 3 aliphatic rings. The Morgan fingerprint density at radius 3 is 0.864 bits per heavy atom. The number of aromatic nitrogens is 8. The summed E-state index contributed by atoms with van der Waals surface area (Å²) in [6.07, 6.45) is 7.19. The fourth-order valence-electron chi connectivity index (χ4n) is 9.89. The maximum absolute atomic E-state index is 6.47. The van der Waals surface area contributed by atoms with Crippen molar-refractivity contribution in [3.05, 3.63) is 212 Å². The molecule has 4 aromatic heterocycles. The zero-order valence-electron chi connectivity index (χ0n) is 51.8. The molecule has 7 heterocycles. The van der Waals surface area contributed by atoms with E-state index in [1.165, 1.54) is 0 Å². The first-order chi connectivity index (χ1) is 41.9. The summed E-state index contributed by atoms with van der Waals surface area (Å²) in [7, 11) is -1.48. The Morgan fingerprint density at radius 2 is 0.545 bits per heavy atom.